The fraction of sp³-hybridized carbons (Fsp3) is 0.125. The summed E-state index contributed by atoms with van der Waals surface area (Å²) in [5.74, 6) is -0.201. The number of nitrogens with one attached hydrogen (secondary N) is 1. The minimum atomic E-state index is -0.200. The summed E-state index contributed by atoms with van der Waals surface area (Å²) in [6.45, 7) is 2.06. The lowest BCUT2D eigenvalue weighted by molar-refractivity contribution is 0.102. The quantitative estimate of drug-likeness (QED) is 0.349. The Morgan fingerprint density at radius 1 is 1.19 bits per heavy atom. The lowest BCUT2D eigenvalue weighted by Gasteiger charge is -2.07. The minimum Gasteiger partial charge on any atom is -0.409 e. The van der Waals surface area contributed by atoms with Crippen molar-refractivity contribution < 1.29 is 10.0 Å². The number of aryl methyl sites for hydroxylation is 1. The molecule has 0 aliphatic heterocycles. The normalized spacial score (nSPS) is 11.2. The van der Waals surface area contributed by atoms with Crippen LogP contribution >= 0.6 is 0 Å². The van der Waals surface area contributed by atoms with E-state index in [1.54, 1.807) is 36.4 Å². The van der Waals surface area contributed by atoms with Crippen LogP contribution in [-0.2, 0) is 6.42 Å². The number of amides is 1. The summed E-state index contributed by atoms with van der Waals surface area (Å²) in [4.78, 5) is 12.1. The molecule has 5 heteroatoms. The number of amidine groups is 1. The molecule has 0 bridgehead atoms. The van der Waals surface area contributed by atoms with Crippen molar-refractivity contribution in [3.8, 4) is 0 Å². The van der Waals surface area contributed by atoms with Gasteiger partial charge in [0, 0.05) is 16.8 Å². The van der Waals surface area contributed by atoms with Gasteiger partial charge in [0.05, 0.1) is 0 Å². The summed E-state index contributed by atoms with van der Waals surface area (Å²) in [5, 5.41) is 14.4. The third-order valence-corrected chi connectivity index (χ3v) is 3.15. The predicted molar refractivity (Wildman–Crippen MR) is 82.7 cm³/mol. The Labute approximate surface area is 123 Å². The first-order valence-corrected chi connectivity index (χ1v) is 6.62. The molecule has 0 aliphatic carbocycles. The molecule has 1 amide bonds. The zero-order valence-electron chi connectivity index (χ0n) is 11.7. The van der Waals surface area contributed by atoms with Crippen LogP contribution in [0.1, 0.15) is 28.4 Å². The SMILES string of the molecule is CCc1ccc(C(=O)Nc2cccc(/C(N)=N/O)c2)cc1. The third-order valence-electron chi connectivity index (χ3n) is 3.15. The molecular weight excluding hydrogens is 266 g/mol. The van der Waals surface area contributed by atoms with Gasteiger partial charge in [-0.2, -0.15) is 0 Å². The Morgan fingerprint density at radius 2 is 1.90 bits per heavy atom. The second kappa shape index (κ2) is 6.56. The molecular formula is C16H17N3O2. The van der Waals surface area contributed by atoms with E-state index in [4.69, 9.17) is 10.9 Å². The second-order valence-corrected chi connectivity index (χ2v) is 4.57. The minimum absolute atomic E-state index is 0.00148. The number of nitrogens with zero attached hydrogens (tertiary/aromatic N) is 1. The summed E-state index contributed by atoms with van der Waals surface area (Å²) < 4.78 is 0. The topological polar surface area (TPSA) is 87.7 Å². The molecule has 0 unspecified atom stereocenters. The number of anilines is 1. The maximum Gasteiger partial charge on any atom is 0.255 e. The van der Waals surface area contributed by atoms with Gasteiger partial charge in [-0.1, -0.05) is 36.3 Å². The fourth-order valence-electron chi connectivity index (χ4n) is 1.91. The van der Waals surface area contributed by atoms with Crippen LogP contribution in [0.15, 0.2) is 53.7 Å². The van der Waals surface area contributed by atoms with E-state index >= 15 is 0 Å². The van der Waals surface area contributed by atoms with Crippen molar-refractivity contribution in [3.05, 3.63) is 65.2 Å². The van der Waals surface area contributed by atoms with E-state index in [0.717, 1.165) is 6.42 Å². The molecule has 0 aromatic heterocycles. The molecule has 0 fully saturated rings. The molecule has 2 rings (SSSR count). The first kappa shape index (κ1) is 14.6. The molecule has 0 aliphatic rings. The Morgan fingerprint density at radius 3 is 2.52 bits per heavy atom. The van der Waals surface area contributed by atoms with E-state index in [1.807, 2.05) is 12.1 Å². The Hall–Kier alpha value is -2.82. The molecule has 4 N–H and O–H groups in total. The number of hydrogen-bond acceptors (Lipinski definition) is 3. The second-order valence-electron chi connectivity index (χ2n) is 4.57. The molecule has 108 valence electrons. The van der Waals surface area contributed by atoms with Crippen LogP contribution in [0.2, 0.25) is 0 Å². The highest BCUT2D eigenvalue weighted by Crippen LogP contribution is 2.13. The molecule has 2 aromatic carbocycles. The van der Waals surface area contributed by atoms with Gasteiger partial charge in [-0.25, -0.2) is 0 Å². The standard InChI is InChI=1S/C16H17N3O2/c1-2-11-6-8-12(9-7-11)16(20)18-14-5-3-4-13(10-14)15(17)19-21/h3-10,21H,2H2,1H3,(H2,17,19)(H,18,20). The van der Waals surface area contributed by atoms with Gasteiger partial charge < -0.3 is 16.3 Å². The highest BCUT2D eigenvalue weighted by Gasteiger charge is 2.07. The van der Waals surface area contributed by atoms with E-state index in [0.29, 0.717) is 16.8 Å². The monoisotopic (exact) mass is 283 g/mol. The largest absolute Gasteiger partial charge is 0.409 e. The summed E-state index contributed by atoms with van der Waals surface area (Å²) in [6, 6.07) is 14.3. The van der Waals surface area contributed by atoms with Gasteiger partial charge in [-0.05, 0) is 36.2 Å². The molecule has 5 nitrogen and oxygen atoms in total. The summed E-state index contributed by atoms with van der Waals surface area (Å²) in [6.07, 6.45) is 0.934. The number of oxime groups is 1. The maximum absolute atomic E-state index is 12.1. The van der Waals surface area contributed by atoms with Crippen molar-refractivity contribution in [2.45, 2.75) is 13.3 Å². The summed E-state index contributed by atoms with van der Waals surface area (Å²) in [5.41, 5.74) is 8.42. The van der Waals surface area contributed by atoms with Crippen molar-refractivity contribution >= 4 is 17.4 Å². The number of carbonyl (C=O) groups excluding carboxylic acids is 1. The molecule has 0 atom stereocenters. The van der Waals surface area contributed by atoms with Gasteiger partial charge in [0.1, 0.15) is 0 Å². The van der Waals surface area contributed by atoms with E-state index in [1.165, 1.54) is 5.56 Å². The van der Waals surface area contributed by atoms with E-state index in [9.17, 15) is 4.79 Å². The average molecular weight is 283 g/mol. The van der Waals surface area contributed by atoms with Gasteiger partial charge in [-0.3, -0.25) is 4.79 Å². The van der Waals surface area contributed by atoms with E-state index < -0.39 is 0 Å². The number of nitrogens with two attached hydrogens (primary N) is 1. The lowest BCUT2D eigenvalue weighted by Crippen LogP contribution is -2.15. The van der Waals surface area contributed by atoms with Crippen LogP contribution in [0.3, 0.4) is 0 Å². The Kier molecular flexibility index (Phi) is 4.56. The van der Waals surface area contributed by atoms with Crippen LogP contribution in [0.5, 0.6) is 0 Å². The van der Waals surface area contributed by atoms with Gasteiger partial charge >= 0.3 is 0 Å². The van der Waals surface area contributed by atoms with Crippen LogP contribution in [-0.4, -0.2) is 17.0 Å². The zero-order chi connectivity index (χ0) is 15.2. The van der Waals surface area contributed by atoms with Gasteiger partial charge in [0.2, 0.25) is 0 Å². The number of benzene rings is 2. The van der Waals surface area contributed by atoms with Gasteiger partial charge in [0.25, 0.3) is 5.91 Å². The van der Waals surface area contributed by atoms with Crippen LogP contribution in [0.4, 0.5) is 5.69 Å². The highest BCUT2D eigenvalue weighted by molar-refractivity contribution is 6.05. The highest BCUT2D eigenvalue weighted by atomic mass is 16.4. The molecule has 0 heterocycles. The molecule has 0 saturated heterocycles. The first-order valence-electron chi connectivity index (χ1n) is 6.62. The molecule has 0 saturated carbocycles. The van der Waals surface area contributed by atoms with E-state index in [-0.39, 0.29) is 11.7 Å². The molecule has 0 radical (unpaired) electrons. The number of carbonyl (C=O) groups is 1. The summed E-state index contributed by atoms with van der Waals surface area (Å²) >= 11 is 0. The Balaban J connectivity index is 2.15. The van der Waals surface area contributed by atoms with E-state index in [2.05, 4.69) is 17.4 Å². The van der Waals surface area contributed by atoms with Gasteiger partial charge in [0.15, 0.2) is 5.84 Å². The zero-order valence-corrected chi connectivity index (χ0v) is 11.7. The molecule has 21 heavy (non-hydrogen) atoms. The summed E-state index contributed by atoms with van der Waals surface area (Å²) in [7, 11) is 0. The lowest BCUT2D eigenvalue weighted by atomic mass is 10.1. The van der Waals surface area contributed by atoms with Crippen LogP contribution in [0, 0.1) is 0 Å². The van der Waals surface area contributed by atoms with Crippen molar-refractivity contribution in [1.82, 2.24) is 0 Å². The van der Waals surface area contributed by atoms with Crippen molar-refractivity contribution in [1.29, 1.82) is 0 Å². The predicted octanol–water partition coefficient (Wildman–Crippen LogP) is 2.60. The Bertz CT molecular complexity index is 663. The fourth-order valence-corrected chi connectivity index (χ4v) is 1.91. The maximum atomic E-state index is 12.1. The number of hydrogen-bond donors (Lipinski definition) is 3. The van der Waals surface area contributed by atoms with Crippen molar-refractivity contribution in [3.63, 3.8) is 0 Å². The smallest absolute Gasteiger partial charge is 0.255 e. The van der Waals surface area contributed by atoms with Crippen LogP contribution < -0.4 is 11.1 Å². The third kappa shape index (κ3) is 3.60. The molecule has 2 aromatic rings. The molecule has 0 spiro atoms. The van der Waals surface area contributed by atoms with Crippen molar-refractivity contribution in [2.24, 2.45) is 10.9 Å². The van der Waals surface area contributed by atoms with Crippen molar-refractivity contribution in [2.75, 3.05) is 5.32 Å². The van der Waals surface area contributed by atoms with Gasteiger partial charge in [-0.15, -0.1) is 0 Å². The number of rotatable bonds is 4. The average Bonchev–Trinajstić information content (AvgIpc) is 2.54. The van der Waals surface area contributed by atoms with Crippen LogP contribution in [0.25, 0.3) is 0 Å². The first-order chi connectivity index (χ1) is 10.1.